The Morgan fingerprint density at radius 1 is 1.20 bits per heavy atom. The molecule has 1 saturated heterocycles. The smallest absolute Gasteiger partial charge is 0.229 e. The highest BCUT2D eigenvalue weighted by Crippen LogP contribution is 2.16. The Labute approximate surface area is 146 Å². The predicted octanol–water partition coefficient (Wildman–Crippen LogP) is 1.57. The van der Waals surface area contributed by atoms with Gasteiger partial charge in [0.1, 0.15) is 5.82 Å². The lowest BCUT2D eigenvalue weighted by molar-refractivity contribution is -0.115. The Kier molecular flexibility index (Phi) is 4.98. The van der Waals surface area contributed by atoms with Crippen molar-refractivity contribution in [1.82, 2.24) is 10.2 Å². The average Bonchev–Trinajstić information content (AvgIpc) is 2.88. The van der Waals surface area contributed by atoms with Gasteiger partial charge in [-0.15, -0.1) is 10.2 Å². The molecule has 1 aliphatic heterocycles. The Hall–Kier alpha value is -2.48. The van der Waals surface area contributed by atoms with Gasteiger partial charge >= 0.3 is 0 Å². The first-order valence-electron chi connectivity index (χ1n) is 8.06. The van der Waals surface area contributed by atoms with E-state index in [2.05, 4.69) is 20.8 Å². The van der Waals surface area contributed by atoms with Crippen LogP contribution in [0, 0.1) is 6.92 Å². The van der Waals surface area contributed by atoms with E-state index in [4.69, 9.17) is 0 Å². The maximum atomic E-state index is 12.1. The normalized spacial score (nSPS) is 18.7. The largest absolute Gasteiger partial charge is 0.365 e. The number of aryl methyl sites for hydroxylation is 1. The molecule has 1 aliphatic rings. The van der Waals surface area contributed by atoms with Gasteiger partial charge in [0.25, 0.3) is 0 Å². The van der Waals surface area contributed by atoms with Crippen LogP contribution in [0.3, 0.4) is 0 Å². The number of sulfone groups is 1. The molecular formula is C17H20N4O3S. The molecule has 1 amide bonds. The quantitative estimate of drug-likeness (QED) is 0.839. The number of hydrogen-bond donors (Lipinski definition) is 2. The Bertz CT molecular complexity index is 866. The van der Waals surface area contributed by atoms with E-state index < -0.39 is 9.84 Å². The van der Waals surface area contributed by atoms with Gasteiger partial charge in [-0.3, -0.25) is 4.79 Å². The van der Waals surface area contributed by atoms with Gasteiger partial charge in [0.05, 0.1) is 17.9 Å². The zero-order chi connectivity index (χ0) is 17.9. The zero-order valence-corrected chi connectivity index (χ0v) is 14.7. The standard InChI is InChI=1S/C17H20N4O3S/c1-12-3-2-4-13(9-12)10-17(22)19-16-6-5-15(20-21-16)18-14-7-8-25(23,24)11-14/h2-6,9,14H,7-8,10-11H2,1H3,(H,18,20)(H,19,21,22). The highest BCUT2D eigenvalue weighted by atomic mass is 32.2. The van der Waals surface area contributed by atoms with Crippen molar-refractivity contribution in [3.8, 4) is 0 Å². The van der Waals surface area contributed by atoms with E-state index in [0.29, 0.717) is 18.1 Å². The lowest BCUT2D eigenvalue weighted by Crippen LogP contribution is -2.21. The van der Waals surface area contributed by atoms with Gasteiger partial charge < -0.3 is 10.6 Å². The summed E-state index contributed by atoms with van der Waals surface area (Å²) in [6.07, 6.45) is 0.836. The number of hydrogen-bond acceptors (Lipinski definition) is 6. The number of carbonyl (C=O) groups excluding carboxylic acids is 1. The Morgan fingerprint density at radius 3 is 2.60 bits per heavy atom. The van der Waals surface area contributed by atoms with Gasteiger partial charge in [0, 0.05) is 6.04 Å². The number of benzene rings is 1. The third-order valence-electron chi connectivity index (χ3n) is 3.96. The molecule has 1 unspecified atom stereocenters. The number of aromatic nitrogens is 2. The van der Waals surface area contributed by atoms with E-state index in [1.165, 1.54) is 0 Å². The molecule has 0 bridgehead atoms. The molecule has 0 radical (unpaired) electrons. The Balaban J connectivity index is 1.54. The van der Waals surface area contributed by atoms with Crippen LogP contribution in [0.5, 0.6) is 0 Å². The fraction of sp³-hybridized carbons (Fsp3) is 0.353. The lowest BCUT2D eigenvalue weighted by Gasteiger charge is -2.11. The maximum Gasteiger partial charge on any atom is 0.229 e. The van der Waals surface area contributed by atoms with E-state index in [1.54, 1.807) is 12.1 Å². The van der Waals surface area contributed by atoms with Gasteiger partial charge in [-0.2, -0.15) is 0 Å². The molecule has 7 nitrogen and oxygen atoms in total. The Morgan fingerprint density at radius 2 is 1.96 bits per heavy atom. The third-order valence-corrected chi connectivity index (χ3v) is 5.73. The molecule has 0 aliphatic carbocycles. The van der Waals surface area contributed by atoms with E-state index in [0.717, 1.165) is 11.1 Å². The molecule has 8 heteroatoms. The molecule has 25 heavy (non-hydrogen) atoms. The molecule has 2 heterocycles. The summed E-state index contributed by atoms with van der Waals surface area (Å²) >= 11 is 0. The van der Waals surface area contributed by atoms with Gasteiger partial charge in [-0.25, -0.2) is 8.42 Å². The minimum absolute atomic E-state index is 0.115. The number of nitrogens with zero attached hydrogens (tertiary/aromatic N) is 2. The van der Waals surface area contributed by atoms with Crippen LogP contribution in [0.1, 0.15) is 17.5 Å². The number of amides is 1. The highest BCUT2D eigenvalue weighted by Gasteiger charge is 2.27. The summed E-state index contributed by atoms with van der Waals surface area (Å²) in [5, 5.41) is 13.7. The van der Waals surface area contributed by atoms with Crippen molar-refractivity contribution in [1.29, 1.82) is 0 Å². The van der Waals surface area contributed by atoms with E-state index in [-0.39, 0.29) is 29.9 Å². The fourth-order valence-corrected chi connectivity index (χ4v) is 4.46. The molecule has 1 fully saturated rings. The van der Waals surface area contributed by atoms with Crippen molar-refractivity contribution in [2.24, 2.45) is 0 Å². The van der Waals surface area contributed by atoms with E-state index in [9.17, 15) is 13.2 Å². The summed E-state index contributed by atoms with van der Waals surface area (Å²) < 4.78 is 22.9. The molecule has 1 atom stereocenters. The summed E-state index contributed by atoms with van der Waals surface area (Å²) in [7, 11) is -2.94. The molecule has 0 spiro atoms. The predicted molar refractivity (Wildman–Crippen MR) is 96.2 cm³/mol. The zero-order valence-electron chi connectivity index (χ0n) is 13.9. The first-order valence-corrected chi connectivity index (χ1v) is 9.88. The second kappa shape index (κ2) is 7.18. The summed E-state index contributed by atoms with van der Waals surface area (Å²) in [5.74, 6) is 1.01. The van der Waals surface area contributed by atoms with Crippen LogP contribution in [0.2, 0.25) is 0 Å². The van der Waals surface area contributed by atoms with Crippen molar-refractivity contribution in [2.45, 2.75) is 25.8 Å². The summed E-state index contributed by atoms with van der Waals surface area (Å²) in [5.41, 5.74) is 2.04. The van der Waals surface area contributed by atoms with E-state index in [1.807, 2.05) is 31.2 Å². The SMILES string of the molecule is Cc1cccc(CC(=O)Nc2ccc(NC3CCS(=O)(=O)C3)nn2)c1. The topological polar surface area (TPSA) is 101 Å². The van der Waals surface area contributed by atoms with Gasteiger partial charge in [-0.05, 0) is 31.0 Å². The second-order valence-electron chi connectivity index (χ2n) is 6.26. The minimum atomic E-state index is -2.94. The van der Waals surface area contributed by atoms with Crippen molar-refractivity contribution in [2.75, 3.05) is 22.1 Å². The van der Waals surface area contributed by atoms with Crippen LogP contribution >= 0.6 is 0 Å². The monoisotopic (exact) mass is 360 g/mol. The molecule has 2 N–H and O–H groups in total. The summed E-state index contributed by atoms with van der Waals surface area (Å²) in [4.78, 5) is 12.1. The third kappa shape index (κ3) is 4.99. The van der Waals surface area contributed by atoms with Crippen LogP contribution in [-0.4, -0.2) is 42.1 Å². The van der Waals surface area contributed by atoms with Gasteiger partial charge in [0.15, 0.2) is 15.7 Å². The molecule has 0 saturated carbocycles. The van der Waals surface area contributed by atoms with Crippen molar-refractivity contribution in [3.63, 3.8) is 0 Å². The lowest BCUT2D eigenvalue weighted by atomic mass is 10.1. The molecule has 3 rings (SSSR count). The summed E-state index contributed by atoms with van der Waals surface area (Å²) in [6.45, 7) is 1.98. The van der Waals surface area contributed by atoms with Crippen molar-refractivity contribution in [3.05, 3.63) is 47.5 Å². The van der Waals surface area contributed by atoms with Crippen LogP contribution in [0.15, 0.2) is 36.4 Å². The van der Waals surface area contributed by atoms with Gasteiger partial charge in [-0.1, -0.05) is 29.8 Å². The minimum Gasteiger partial charge on any atom is -0.365 e. The van der Waals surface area contributed by atoms with Crippen LogP contribution in [0.4, 0.5) is 11.6 Å². The molecule has 1 aromatic heterocycles. The molecule has 132 valence electrons. The number of anilines is 2. The number of rotatable bonds is 5. The van der Waals surface area contributed by atoms with E-state index >= 15 is 0 Å². The number of nitrogens with one attached hydrogen (secondary N) is 2. The fourth-order valence-electron chi connectivity index (χ4n) is 2.79. The van der Waals surface area contributed by atoms with Crippen molar-refractivity contribution < 1.29 is 13.2 Å². The highest BCUT2D eigenvalue weighted by molar-refractivity contribution is 7.91. The molecule has 1 aromatic carbocycles. The van der Waals surface area contributed by atoms with Crippen molar-refractivity contribution >= 4 is 27.4 Å². The van der Waals surface area contributed by atoms with Crippen LogP contribution < -0.4 is 10.6 Å². The first-order chi connectivity index (χ1) is 11.9. The van der Waals surface area contributed by atoms with Crippen LogP contribution in [-0.2, 0) is 21.1 Å². The summed E-state index contributed by atoms with van der Waals surface area (Å²) in [6, 6.07) is 11.0. The average molecular weight is 360 g/mol. The molecule has 2 aromatic rings. The molecular weight excluding hydrogens is 340 g/mol. The van der Waals surface area contributed by atoms with Crippen LogP contribution in [0.25, 0.3) is 0 Å². The maximum absolute atomic E-state index is 12.1. The van der Waals surface area contributed by atoms with Gasteiger partial charge in [0.2, 0.25) is 5.91 Å². The number of carbonyl (C=O) groups is 1. The first kappa shape index (κ1) is 17.3. The second-order valence-corrected chi connectivity index (χ2v) is 8.49.